The highest BCUT2D eigenvalue weighted by atomic mass is 19.4. The van der Waals surface area contributed by atoms with E-state index in [0.29, 0.717) is 4.68 Å². The number of halogens is 3. The maximum Gasteiger partial charge on any atom is 0.431 e. The van der Waals surface area contributed by atoms with Crippen LogP contribution in [0.2, 0.25) is 0 Å². The summed E-state index contributed by atoms with van der Waals surface area (Å²) >= 11 is 0. The van der Waals surface area contributed by atoms with Crippen LogP contribution in [0.5, 0.6) is 0 Å². The number of nitrogens with zero attached hydrogens (tertiary/aromatic N) is 4. The van der Waals surface area contributed by atoms with E-state index >= 15 is 0 Å². The Labute approximate surface area is 86.7 Å². The molecule has 10 heteroatoms. The molecule has 1 atom stereocenters. The highest BCUT2D eigenvalue weighted by molar-refractivity contribution is 5.05. The van der Waals surface area contributed by atoms with E-state index in [0.717, 1.165) is 13.4 Å². The molecule has 0 radical (unpaired) electrons. The van der Waals surface area contributed by atoms with E-state index in [1.54, 1.807) is 0 Å². The molecule has 0 amide bonds. The third-order valence-corrected chi connectivity index (χ3v) is 1.91. The van der Waals surface area contributed by atoms with Gasteiger partial charge in [-0.15, -0.1) is 0 Å². The van der Waals surface area contributed by atoms with E-state index in [-0.39, 0.29) is 0 Å². The summed E-state index contributed by atoms with van der Waals surface area (Å²) in [5.41, 5.74) is -3.64. The van der Waals surface area contributed by atoms with Gasteiger partial charge in [-0.25, -0.2) is 9.67 Å². The molecule has 0 bridgehead atoms. The molecule has 0 unspecified atom stereocenters. The van der Waals surface area contributed by atoms with Gasteiger partial charge in [-0.1, -0.05) is 0 Å². The average Bonchev–Trinajstić information content (AvgIpc) is 2.48. The Morgan fingerprint density at radius 3 is 2.50 bits per heavy atom. The lowest BCUT2D eigenvalue weighted by atomic mass is 10.0. The van der Waals surface area contributed by atoms with Crippen LogP contribution in [-0.2, 0) is 12.6 Å². The van der Waals surface area contributed by atoms with Crippen molar-refractivity contribution in [1.82, 2.24) is 14.8 Å². The Morgan fingerprint density at radius 2 is 2.19 bits per heavy atom. The monoisotopic (exact) mass is 240 g/mol. The summed E-state index contributed by atoms with van der Waals surface area (Å²) in [5.74, 6) is -0.920. The van der Waals surface area contributed by atoms with Crippen LogP contribution in [-0.4, -0.2) is 37.5 Å². The molecule has 0 fully saturated rings. The lowest BCUT2D eigenvalue weighted by molar-refractivity contribution is -0.519. The molecule has 1 aromatic heterocycles. The molecule has 0 aliphatic carbocycles. The average molecular weight is 240 g/mol. The van der Waals surface area contributed by atoms with Crippen LogP contribution in [0, 0.1) is 10.1 Å². The van der Waals surface area contributed by atoms with Gasteiger partial charge in [0.2, 0.25) is 6.54 Å². The van der Waals surface area contributed by atoms with Crippen LogP contribution < -0.4 is 0 Å². The predicted octanol–water partition coefficient (Wildman–Crippen LogP) is -0.158. The van der Waals surface area contributed by atoms with Crippen molar-refractivity contribution < 1.29 is 23.2 Å². The number of aryl methyl sites for hydroxylation is 1. The second-order valence-corrected chi connectivity index (χ2v) is 3.06. The number of aromatic nitrogens is 3. The molecule has 1 heterocycles. The number of nitro groups is 1. The molecule has 0 aromatic carbocycles. The zero-order valence-electron chi connectivity index (χ0n) is 7.97. The molecule has 0 aliphatic heterocycles. The fourth-order valence-electron chi connectivity index (χ4n) is 1.14. The molecule has 1 aromatic rings. The van der Waals surface area contributed by atoms with Crippen molar-refractivity contribution in [1.29, 1.82) is 0 Å². The number of hydrogen-bond acceptors (Lipinski definition) is 5. The van der Waals surface area contributed by atoms with Gasteiger partial charge in [-0.2, -0.15) is 18.3 Å². The maximum absolute atomic E-state index is 12.6. The fourth-order valence-corrected chi connectivity index (χ4v) is 1.14. The zero-order chi connectivity index (χ0) is 12.6. The molecular weight excluding hydrogens is 233 g/mol. The molecule has 0 aliphatic rings. The van der Waals surface area contributed by atoms with Crippen molar-refractivity contribution in [3.8, 4) is 0 Å². The number of aliphatic hydroxyl groups is 1. The normalized spacial score (nSPS) is 15.8. The Bertz CT molecular complexity index is 404. The molecule has 0 saturated heterocycles. The van der Waals surface area contributed by atoms with Crippen molar-refractivity contribution in [2.24, 2.45) is 7.05 Å². The Kier molecular flexibility index (Phi) is 2.86. The van der Waals surface area contributed by atoms with Crippen LogP contribution in [0.3, 0.4) is 0 Å². The molecule has 7 nitrogen and oxygen atoms in total. The first-order valence-electron chi connectivity index (χ1n) is 3.94. The van der Waals surface area contributed by atoms with Crippen molar-refractivity contribution in [2.45, 2.75) is 11.8 Å². The van der Waals surface area contributed by atoms with Crippen molar-refractivity contribution in [3.05, 3.63) is 22.3 Å². The minimum absolute atomic E-state index is 0.636. The van der Waals surface area contributed by atoms with E-state index in [4.69, 9.17) is 0 Å². The van der Waals surface area contributed by atoms with Gasteiger partial charge in [-0.3, -0.25) is 10.1 Å². The number of alkyl halides is 3. The van der Waals surface area contributed by atoms with E-state index in [9.17, 15) is 28.4 Å². The van der Waals surface area contributed by atoms with Gasteiger partial charge < -0.3 is 5.11 Å². The summed E-state index contributed by atoms with van der Waals surface area (Å²) in [6.07, 6.45) is -4.44. The Balaban J connectivity index is 3.26. The van der Waals surface area contributed by atoms with Crippen LogP contribution in [0.15, 0.2) is 6.33 Å². The minimum atomic E-state index is -5.21. The van der Waals surface area contributed by atoms with E-state index in [1.165, 1.54) is 0 Å². The highest BCUT2D eigenvalue weighted by Crippen LogP contribution is 2.37. The molecule has 16 heavy (non-hydrogen) atoms. The van der Waals surface area contributed by atoms with Crippen molar-refractivity contribution in [2.75, 3.05) is 6.54 Å². The largest absolute Gasteiger partial charge is 0.431 e. The fraction of sp³-hybridized carbons (Fsp3) is 0.667. The van der Waals surface area contributed by atoms with Gasteiger partial charge in [0, 0.05) is 12.0 Å². The first-order chi connectivity index (χ1) is 7.18. The van der Waals surface area contributed by atoms with Gasteiger partial charge in [0.15, 0.2) is 5.82 Å². The van der Waals surface area contributed by atoms with Gasteiger partial charge in [0.1, 0.15) is 6.33 Å². The molecule has 90 valence electrons. The van der Waals surface area contributed by atoms with Crippen LogP contribution in [0.25, 0.3) is 0 Å². The predicted molar refractivity (Wildman–Crippen MR) is 42.8 cm³/mol. The maximum atomic E-state index is 12.6. The summed E-state index contributed by atoms with van der Waals surface area (Å²) in [5, 5.41) is 22.9. The van der Waals surface area contributed by atoms with Gasteiger partial charge >= 0.3 is 6.18 Å². The smallest absolute Gasteiger partial charge is 0.369 e. The third kappa shape index (κ3) is 1.96. The summed E-state index contributed by atoms with van der Waals surface area (Å²) in [4.78, 5) is 12.1. The highest BCUT2D eigenvalue weighted by Gasteiger charge is 2.61. The van der Waals surface area contributed by atoms with E-state index < -0.39 is 29.1 Å². The quantitative estimate of drug-likeness (QED) is 0.585. The van der Waals surface area contributed by atoms with Crippen molar-refractivity contribution in [3.63, 3.8) is 0 Å². The van der Waals surface area contributed by atoms with Gasteiger partial charge in [-0.05, 0) is 0 Å². The molecule has 0 spiro atoms. The van der Waals surface area contributed by atoms with Gasteiger partial charge in [0.25, 0.3) is 5.60 Å². The second-order valence-electron chi connectivity index (χ2n) is 3.06. The Hall–Kier alpha value is -1.71. The summed E-state index contributed by atoms with van der Waals surface area (Å²) in [6, 6.07) is 0. The van der Waals surface area contributed by atoms with Crippen LogP contribution >= 0.6 is 0 Å². The first-order valence-corrected chi connectivity index (χ1v) is 3.94. The lowest BCUT2D eigenvalue weighted by Gasteiger charge is -2.25. The minimum Gasteiger partial charge on any atom is -0.369 e. The van der Waals surface area contributed by atoms with Crippen molar-refractivity contribution >= 4 is 0 Å². The summed E-state index contributed by atoms with van der Waals surface area (Å²) < 4.78 is 38.4. The Morgan fingerprint density at radius 1 is 1.62 bits per heavy atom. The molecular formula is C6H7F3N4O3. The zero-order valence-corrected chi connectivity index (χ0v) is 7.97. The van der Waals surface area contributed by atoms with Crippen LogP contribution in [0.1, 0.15) is 5.82 Å². The van der Waals surface area contributed by atoms with Gasteiger partial charge in [0.05, 0.1) is 0 Å². The lowest BCUT2D eigenvalue weighted by Crippen LogP contribution is -2.49. The molecule has 0 saturated carbocycles. The summed E-state index contributed by atoms with van der Waals surface area (Å²) in [7, 11) is 1.10. The SMILES string of the molecule is Cn1ncnc1[C@@](O)(C[N+](=O)[O-])C(F)(F)F. The standard InChI is InChI=1S/C6H7F3N4O3/c1-12-4(10-3-11-12)5(14,2-13(15)16)6(7,8)9/h3,14H,2H2,1H3/t5-/m0/s1. The third-order valence-electron chi connectivity index (χ3n) is 1.91. The number of hydrogen-bond donors (Lipinski definition) is 1. The molecule has 1 rings (SSSR count). The number of rotatable bonds is 3. The van der Waals surface area contributed by atoms with E-state index in [1.807, 2.05) is 0 Å². The van der Waals surface area contributed by atoms with E-state index in [2.05, 4.69) is 10.1 Å². The van der Waals surface area contributed by atoms with Crippen LogP contribution in [0.4, 0.5) is 13.2 Å². The topological polar surface area (TPSA) is 94.1 Å². The summed E-state index contributed by atoms with van der Waals surface area (Å²) in [6.45, 7) is -1.72. The first kappa shape index (κ1) is 12.4. The molecule has 1 N–H and O–H groups in total. The second kappa shape index (κ2) is 3.70.